The zero-order valence-electron chi connectivity index (χ0n) is 9.07. The molecule has 1 aromatic carbocycles. The van der Waals surface area contributed by atoms with Crippen LogP contribution < -0.4 is 0 Å². The number of aryl methyl sites for hydroxylation is 2. The van der Waals surface area contributed by atoms with Crippen molar-refractivity contribution < 1.29 is 14.6 Å². The molecule has 0 unspecified atom stereocenters. The van der Waals surface area contributed by atoms with Gasteiger partial charge in [0.25, 0.3) is 0 Å². The highest BCUT2D eigenvalue weighted by Gasteiger charge is 2.01. The number of esters is 1. The van der Waals surface area contributed by atoms with Gasteiger partial charge in [0, 0.05) is 6.08 Å². The van der Waals surface area contributed by atoms with Gasteiger partial charge in [0.2, 0.25) is 0 Å². The van der Waals surface area contributed by atoms with Crippen LogP contribution in [0.3, 0.4) is 0 Å². The molecule has 0 atom stereocenters. The average Bonchev–Trinajstić information content (AvgIpc) is 2.22. The largest absolute Gasteiger partial charge is 0.507 e. The molecule has 0 saturated heterocycles. The van der Waals surface area contributed by atoms with E-state index in [0.717, 1.165) is 16.7 Å². The van der Waals surface area contributed by atoms with E-state index in [1.807, 2.05) is 26.0 Å². The SMILES string of the molecule is COC(=O)/C=C/c1cc(C)c(O)c(C)c1. The summed E-state index contributed by atoms with van der Waals surface area (Å²) in [5.74, 6) is -0.0939. The molecule has 3 nitrogen and oxygen atoms in total. The van der Waals surface area contributed by atoms with Crippen LogP contribution in [0.2, 0.25) is 0 Å². The van der Waals surface area contributed by atoms with Gasteiger partial charge in [-0.1, -0.05) is 0 Å². The summed E-state index contributed by atoms with van der Waals surface area (Å²) in [6, 6.07) is 3.61. The van der Waals surface area contributed by atoms with Gasteiger partial charge in [0.05, 0.1) is 7.11 Å². The van der Waals surface area contributed by atoms with E-state index < -0.39 is 5.97 Å². The number of benzene rings is 1. The van der Waals surface area contributed by atoms with Gasteiger partial charge in [-0.15, -0.1) is 0 Å². The third-order valence-electron chi connectivity index (χ3n) is 2.13. The van der Waals surface area contributed by atoms with E-state index in [-0.39, 0.29) is 0 Å². The molecule has 0 aromatic heterocycles. The summed E-state index contributed by atoms with van der Waals surface area (Å²) < 4.78 is 4.48. The smallest absolute Gasteiger partial charge is 0.330 e. The predicted octanol–water partition coefficient (Wildman–Crippen LogP) is 2.20. The van der Waals surface area contributed by atoms with Crippen LogP contribution in [0, 0.1) is 13.8 Å². The third-order valence-corrected chi connectivity index (χ3v) is 2.13. The van der Waals surface area contributed by atoms with Crippen LogP contribution in [-0.4, -0.2) is 18.2 Å². The van der Waals surface area contributed by atoms with Crippen LogP contribution in [0.15, 0.2) is 18.2 Å². The van der Waals surface area contributed by atoms with Gasteiger partial charge in [-0.3, -0.25) is 0 Å². The van der Waals surface area contributed by atoms with Gasteiger partial charge >= 0.3 is 5.97 Å². The van der Waals surface area contributed by atoms with Crippen LogP contribution in [0.25, 0.3) is 6.08 Å². The van der Waals surface area contributed by atoms with Crippen LogP contribution in [0.5, 0.6) is 5.75 Å². The van der Waals surface area contributed by atoms with Crippen molar-refractivity contribution in [2.45, 2.75) is 13.8 Å². The Morgan fingerprint density at radius 1 is 1.33 bits per heavy atom. The molecule has 1 aromatic rings. The van der Waals surface area contributed by atoms with Crippen molar-refractivity contribution >= 4 is 12.0 Å². The van der Waals surface area contributed by atoms with Crippen LogP contribution in [-0.2, 0) is 9.53 Å². The Balaban J connectivity index is 2.97. The summed E-state index contributed by atoms with van der Waals surface area (Å²) >= 11 is 0. The molecule has 0 aliphatic carbocycles. The van der Waals surface area contributed by atoms with Crippen molar-refractivity contribution in [2.75, 3.05) is 7.11 Å². The fourth-order valence-corrected chi connectivity index (χ4v) is 1.32. The van der Waals surface area contributed by atoms with Crippen molar-refractivity contribution in [3.8, 4) is 5.75 Å². The molecule has 0 aliphatic heterocycles. The van der Waals surface area contributed by atoms with Crippen molar-refractivity contribution in [2.24, 2.45) is 0 Å². The normalized spacial score (nSPS) is 10.6. The molecule has 0 fully saturated rings. The number of phenols is 1. The fraction of sp³-hybridized carbons (Fsp3) is 0.250. The number of carbonyl (C=O) groups excluding carboxylic acids is 1. The Morgan fingerprint density at radius 3 is 2.33 bits per heavy atom. The minimum Gasteiger partial charge on any atom is -0.507 e. The maximum Gasteiger partial charge on any atom is 0.330 e. The second-order valence-electron chi connectivity index (χ2n) is 3.36. The predicted molar refractivity (Wildman–Crippen MR) is 58.6 cm³/mol. The highest BCUT2D eigenvalue weighted by molar-refractivity contribution is 5.87. The first kappa shape index (κ1) is 11.3. The lowest BCUT2D eigenvalue weighted by Crippen LogP contribution is -1.93. The average molecular weight is 206 g/mol. The minimum absolute atomic E-state index is 0.296. The van der Waals surface area contributed by atoms with Gasteiger partial charge in [-0.2, -0.15) is 0 Å². The first-order valence-electron chi connectivity index (χ1n) is 4.61. The van der Waals surface area contributed by atoms with E-state index in [1.54, 1.807) is 6.08 Å². The zero-order valence-corrected chi connectivity index (χ0v) is 9.07. The molecule has 0 spiro atoms. The number of aromatic hydroxyl groups is 1. The van der Waals surface area contributed by atoms with E-state index in [9.17, 15) is 9.90 Å². The topological polar surface area (TPSA) is 46.5 Å². The van der Waals surface area contributed by atoms with Crippen molar-refractivity contribution in [3.05, 3.63) is 34.9 Å². The molecule has 80 valence electrons. The van der Waals surface area contributed by atoms with Gasteiger partial charge < -0.3 is 9.84 Å². The maximum atomic E-state index is 10.9. The second-order valence-corrected chi connectivity index (χ2v) is 3.36. The lowest BCUT2D eigenvalue weighted by molar-refractivity contribution is -0.134. The zero-order chi connectivity index (χ0) is 11.4. The lowest BCUT2D eigenvalue weighted by Gasteiger charge is -2.04. The van der Waals surface area contributed by atoms with Gasteiger partial charge in [-0.05, 0) is 48.7 Å². The Morgan fingerprint density at radius 2 is 1.87 bits per heavy atom. The van der Waals surface area contributed by atoms with Gasteiger partial charge in [0.1, 0.15) is 5.75 Å². The van der Waals surface area contributed by atoms with Crippen LogP contribution >= 0.6 is 0 Å². The Bertz CT molecular complexity index is 382. The molecule has 0 saturated carbocycles. The van der Waals surface area contributed by atoms with E-state index in [4.69, 9.17) is 0 Å². The number of methoxy groups -OCH3 is 1. The molecule has 0 bridgehead atoms. The van der Waals surface area contributed by atoms with Crippen LogP contribution in [0.1, 0.15) is 16.7 Å². The number of ether oxygens (including phenoxy) is 1. The summed E-state index contributed by atoms with van der Waals surface area (Å²) in [5, 5.41) is 9.54. The quantitative estimate of drug-likeness (QED) is 0.596. The lowest BCUT2D eigenvalue weighted by atomic mass is 10.1. The number of hydrogen-bond donors (Lipinski definition) is 1. The molecule has 1 N–H and O–H groups in total. The molecule has 0 aliphatic rings. The first-order chi connectivity index (χ1) is 7.04. The second kappa shape index (κ2) is 4.64. The molecule has 1 rings (SSSR count). The summed E-state index contributed by atoms with van der Waals surface area (Å²) in [4.78, 5) is 10.9. The molecular weight excluding hydrogens is 192 g/mol. The third kappa shape index (κ3) is 2.84. The van der Waals surface area contributed by atoms with Gasteiger partial charge in [-0.25, -0.2) is 4.79 Å². The number of hydrogen-bond acceptors (Lipinski definition) is 3. The summed E-state index contributed by atoms with van der Waals surface area (Å²) in [7, 11) is 1.33. The molecule has 0 radical (unpaired) electrons. The van der Waals surface area contributed by atoms with Crippen molar-refractivity contribution in [3.63, 3.8) is 0 Å². The molecule has 3 heteroatoms. The monoisotopic (exact) mass is 206 g/mol. The van der Waals surface area contributed by atoms with Gasteiger partial charge in [0.15, 0.2) is 0 Å². The van der Waals surface area contributed by atoms with Crippen molar-refractivity contribution in [1.82, 2.24) is 0 Å². The highest BCUT2D eigenvalue weighted by atomic mass is 16.5. The standard InChI is InChI=1S/C12H14O3/c1-8-6-10(4-5-11(13)15-3)7-9(2)12(8)14/h4-7,14H,1-3H3/b5-4+. The van der Waals surface area contributed by atoms with E-state index in [1.165, 1.54) is 13.2 Å². The molecule has 0 heterocycles. The summed E-state index contributed by atoms with van der Waals surface area (Å²) in [6.45, 7) is 3.63. The highest BCUT2D eigenvalue weighted by Crippen LogP contribution is 2.23. The minimum atomic E-state index is -0.390. The van der Waals surface area contributed by atoms with Crippen molar-refractivity contribution in [1.29, 1.82) is 0 Å². The summed E-state index contributed by atoms with van der Waals surface area (Å²) in [5.41, 5.74) is 2.45. The number of rotatable bonds is 2. The van der Waals surface area contributed by atoms with E-state index in [0.29, 0.717) is 5.75 Å². The Kier molecular flexibility index (Phi) is 3.50. The van der Waals surface area contributed by atoms with E-state index >= 15 is 0 Å². The van der Waals surface area contributed by atoms with Crippen LogP contribution in [0.4, 0.5) is 0 Å². The Hall–Kier alpha value is -1.77. The van der Waals surface area contributed by atoms with E-state index in [2.05, 4.69) is 4.74 Å². The molecular formula is C12H14O3. The molecule has 0 amide bonds. The Labute approximate surface area is 89.0 Å². The number of phenolic OH excluding ortho intramolecular Hbond substituents is 1. The fourth-order valence-electron chi connectivity index (χ4n) is 1.32. The molecule has 15 heavy (non-hydrogen) atoms. The number of carbonyl (C=O) groups is 1. The maximum absolute atomic E-state index is 10.9. The first-order valence-corrected chi connectivity index (χ1v) is 4.61. The summed E-state index contributed by atoms with van der Waals surface area (Å²) in [6.07, 6.45) is 3.01.